The van der Waals surface area contributed by atoms with Crippen LogP contribution in [-0.4, -0.2) is 63.6 Å². The summed E-state index contributed by atoms with van der Waals surface area (Å²) >= 11 is 0. The number of methoxy groups -OCH3 is 1. The van der Waals surface area contributed by atoms with Crippen molar-refractivity contribution < 1.29 is 22.7 Å². The lowest BCUT2D eigenvalue weighted by Gasteiger charge is -2.33. The van der Waals surface area contributed by atoms with Gasteiger partial charge in [0.15, 0.2) is 0 Å². The molecule has 7 nitrogen and oxygen atoms in total. The maximum Gasteiger partial charge on any atom is 0.410 e. The van der Waals surface area contributed by atoms with E-state index in [4.69, 9.17) is 9.47 Å². The molecule has 1 saturated heterocycles. The summed E-state index contributed by atoms with van der Waals surface area (Å²) in [7, 11) is -2.01. The second-order valence-corrected chi connectivity index (χ2v) is 11.1. The molecule has 0 radical (unpaired) electrons. The Hall–Kier alpha value is -1.64. The van der Waals surface area contributed by atoms with Crippen LogP contribution in [0.3, 0.4) is 0 Å². The van der Waals surface area contributed by atoms with Crippen LogP contribution in [0.4, 0.5) is 4.79 Å². The van der Waals surface area contributed by atoms with Gasteiger partial charge in [-0.15, -0.1) is 0 Å². The fraction of sp³-hybridized carbons (Fsp3) is 0.696. The van der Waals surface area contributed by atoms with Crippen LogP contribution in [0.15, 0.2) is 30.3 Å². The number of benzene rings is 1. The van der Waals surface area contributed by atoms with Crippen molar-refractivity contribution in [3.05, 3.63) is 35.9 Å². The van der Waals surface area contributed by atoms with Gasteiger partial charge < -0.3 is 9.47 Å². The maximum atomic E-state index is 12.6. The second kappa shape index (κ2) is 9.46. The van der Waals surface area contributed by atoms with E-state index >= 15 is 0 Å². The molecule has 172 valence electrons. The lowest BCUT2D eigenvalue weighted by molar-refractivity contribution is -0.0102. The average molecular weight is 451 g/mol. The van der Waals surface area contributed by atoms with Gasteiger partial charge >= 0.3 is 6.09 Å². The Labute approximate surface area is 185 Å². The molecule has 3 aliphatic rings. The summed E-state index contributed by atoms with van der Waals surface area (Å²) in [6, 6.07) is 9.92. The third kappa shape index (κ3) is 5.59. The van der Waals surface area contributed by atoms with Crippen LogP contribution in [0.25, 0.3) is 0 Å². The van der Waals surface area contributed by atoms with E-state index in [-0.39, 0.29) is 24.2 Å². The Morgan fingerprint density at radius 1 is 1.10 bits per heavy atom. The van der Waals surface area contributed by atoms with E-state index in [0.717, 1.165) is 38.5 Å². The lowest BCUT2D eigenvalue weighted by Crippen LogP contribution is -2.50. The summed E-state index contributed by atoms with van der Waals surface area (Å²) in [5.74, 6) is 0.993. The number of amides is 1. The highest BCUT2D eigenvalue weighted by atomic mass is 32.2. The van der Waals surface area contributed by atoms with Gasteiger partial charge in [-0.3, -0.25) is 4.90 Å². The van der Waals surface area contributed by atoms with E-state index in [1.807, 2.05) is 6.07 Å². The number of sulfonamides is 1. The molecule has 1 N–H and O–H groups in total. The fourth-order valence-electron chi connectivity index (χ4n) is 5.37. The van der Waals surface area contributed by atoms with Crippen molar-refractivity contribution in [3.63, 3.8) is 0 Å². The highest BCUT2D eigenvalue weighted by molar-refractivity contribution is 7.88. The molecule has 1 aromatic carbocycles. The molecule has 0 bridgehead atoms. The van der Waals surface area contributed by atoms with Crippen LogP contribution in [0, 0.1) is 5.92 Å². The van der Waals surface area contributed by atoms with Crippen LogP contribution in [0.1, 0.15) is 56.4 Å². The quantitative estimate of drug-likeness (QED) is 0.689. The second-order valence-electron chi connectivity index (χ2n) is 9.30. The van der Waals surface area contributed by atoms with Crippen molar-refractivity contribution in [3.8, 4) is 0 Å². The molecule has 0 spiro atoms. The third-order valence-corrected chi connectivity index (χ3v) is 7.77. The lowest BCUT2D eigenvalue weighted by atomic mass is 9.83. The van der Waals surface area contributed by atoms with Gasteiger partial charge in [0.05, 0.1) is 32.1 Å². The Bertz CT molecular complexity index is 850. The summed E-state index contributed by atoms with van der Waals surface area (Å²) in [4.78, 5) is 14.3. The number of hydrogen-bond acceptors (Lipinski definition) is 5. The molecule has 31 heavy (non-hydrogen) atoms. The fourth-order valence-corrected chi connectivity index (χ4v) is 6.17. The molecule has 2 aliphatic carbocycles. The van der Waals surface area contributed by atoms with E-state index in [1.54, 1.807) is 4.90 Å². The average Bonchev–Trinajstić information content (AvgIpc) is 3.54. The highest BCUT2D eigenvalue weighted by Gasteiger charge is 2.51. The molecular formula is C23H34N2O5S. The minimum absolute atomic E-state index is 0.00844. The molecular weight excluding hydrogens is 416 g/mol. The van der Waals surface area contributed by atoms with Crippen molar-refractivity contribution in [2.75, 3.05) is 20.0 Å². The Morgan fingerprint density at radius 3 is 2.35 bits per heavy atom. The zero-order valence-corrected chi connectivity index (χ0v) is 19.2. The van der Waals surface area contributed by atoms with Crippen molar-refractivity contribution in [1.29, 1.82) is 0 Å². The SMILES string of the molecule is COC(=O)N1C(C2CC2)CC(NS(C)(=O)=O)C1COC1CCC(c2ccccc2)CC1. The zero-order chi connectivity index (χ0) is 22.0. The molecule has 3 atom stereocenters. The van der Waals surface area contributed by atoms with Gasteiger partial charge in [0.2, 0.25) is 10.0 Å². The van der Waals surface area contributed by atoms with Gasteiger partial charge in [-0.05, 0) is 62.3 Å². The van der Waals surface area contributed by atoms with E-state index in [9.17, 15) is 13.2 Å². The number of carbonyl (C=O) groups is 1. The standard InChI is InChI=1S/C23H34N2O5S/c1-29-23(26)25-21(18-8-9-18)14-20(24-31(2,27)28)22(25)15-30-19-12-10-17(11-13-19)16-6-4-3-5-7-16/h3-7,17-22,24H,8-15H2,1-2H3. The smallest absolute Gasteiger partial charge is 0.410 e. The number of ether oxygens (including phenoxy) is 2. The summed E-state index contributed by atoms with van der Waals surface area (Å²) in [6.45, 7) is 0.326. The molecule has 1 heterocycles. The molecule has 0 aromatic heterocycles. The first kappa shape index (κ1) is 22.6. The van der Waals surface area contributed by atoms with Crippen molar-refractivity contribution in [2.45, 2.75) is 75.1 Å². The maximum absolute atomic E-state index is 12.6. The molecule has 2 saturated carbocycles. The highest BCUT2D eigenvalue weighted by Crippen LogP contribution is 2.43. The van der Waals surface area contributed by atoms with Crippen LogP contribution in [0.2, 0.25) is 0 Å². The zero-order valence-electron chi connectivity index (χ0n) is 18.4. The van der Waals surface area contributed by atoms with Crippen molar-refractivity contribution in [1.82, 2.24) is 9.62 Å². The summed E-state index contributed by atoms with van der Waals surface area (Å²) < 4.78 is 38.0. The normalized spacial score (nSPS) is 31.5. The van der Waals surface area contributed by atoms with Gasteiger partial charge in [0, 0.05) is 12.1 Å². The van der Waals surface area contributed by atoms with Crippen LogP contribution >= 0.6 is 0 Å². The Kier molecular flexibility index (Phi) is 6.89. The van der Waals surface area contributed by atoms with Gasteiger partial charge in [-0.2, -0.15) is 0 Å². The van der Waals surface area contributed by atoms with Crippen molar-refractivity contribution in [2.24, 2.45) is 5.92 Å². The topological polar surface area (TPSA) is 84.9 Å². The molecule has 3 unspecified atom stereocenters. The number of nitrogens with zero attached hydrogens (tertiary/aromatic N) is 1. The van der Waals surface area contributed by atoms with Crippen molar-refractivity contribution >= 4 is 16.1 Å². The number of carbonyl (C=O) groups excluding carboxylic acids is 1. The Morgan fingerprint density at radius 2 is 1.77 bits per heavy atom. The summed E-state index contributed by atoms with van der Waals surface area (Å²) in [5.41, 5.74) is 1.39. The molecule has 8 heteroatoms. The van der Waals surface area contributed by atoms with E-state index in [0.29, 0.717) is 24.9 Å². The largest absolute Gasteiger partial charge is 0.453 e. The van der Waals surface area contributed by atoms with Crippen LogP contribution in [-0.2, 0) is 19.5 Å². The number of likely N-dealkylation sites (tertiary alicyclic amines) is 1. The monoisotopic (exact) mass is 450 g/mol. The van der Waals surface area contributed by atoms with Gasteiger partial charge in [-0.25, -0.2) is 17.9 Å². The summed E-state index contributed by atoms with van der Waals surface area (Å²) in [6.07, 6.45) is 7.77. The first-order chi connectivity index (χ1) is 14.9. The van der Waals surface area contributed by atoms with Gasteiger partial charge in [-0.1, -0.05) is 30.3 Å². The van der Waals surface area contributed by atoms with E-state index in [2.05, 4.69) is 29.0 Å². The first-order valence-electron chi connectivity index (χ1n) is 11.4. The minimum atomic E-state index is -3.39. The van der Waals surface area contributed by atoms with Crippen LogP contribution in [0.5, 0.6) is 0 Å². The number of nitrogens with one attached hydrogen (secondary N) is 1. The molecule has 1 aliphatic heterocycles. The molecule has 1 aromatic rings. The predicted molar refractivity (Wildman–Crippen MR) is 118 cm³/mol. The minimum Gasteiger partial charge on any atom is -0.453 e. The van der Waals surface area contributed by atoms with Gasteiger partial charge in [0.1, 0.15) is 0 Å². The van der Waals surface area contributed by atoms with Crippen LogP contribution < -0.4 is 4.72 Å². The molecule has 3 fully saturated rings. The van der Waals surface area contributed by atoms with E-state index < -0.39 is 16.1 Å². The van der Waals surface area contributed by atoms with E-state index in [1.165, 1.54) is 18.9 Å². The number of hydrogen-bond donors (Lipinski definition) is 1. The van der Waals surface area contributed by atoms with Gasteiger partial charge in [0.25, 0.3) is 0 Å². The molecule has 4 rings (SSSR count). The summed E-state index contributed by atoms with van der Waals surface area (Å²) in [5, 5.41) is 0. The first-order valence-corrected chi connectivity index (χ1v) is 13.2. The molecule has 1 amide bonds. The third-order valence-electron chi connectivity index (χ3n) is 7.04. The predicted octanol–water partition coefficient (Wildman–Crippen LogP) is 3.27. The Balaban J connectivity index is 1.39. The number of rotatable bonds is 7.